The van der Waals surface area contributed by atoms with Crippen LogP contribution in [0.1, 0.15) is 24.9 Å². The Bertz CT molecular complexity index is 393. The van der Waals surface area contributed by atoms with Gasteiger partial charge in [0.15, 0.2) is 11.6 Å². The molecule has 1 nitrogen and oxygen atoms in total. The minimum atomic E-state index is -1.21. The van der Waals surface area contributed by atoms with E-state index in [4.69, 9.17) is 5.73 Å². The Hall–Kier alpha value is -1.000. The number of rotatable bonds is 3. The first-order chi connectivity index (χ1) is 6.91. The van der Waals surface area contributed by atoms with Crippen LogP contribution in [0.5, 0.6) is 0 Å². The minimum absolute atomic E-state index is 0. The Morgan fingerprint density at radius 2 is 1.75 bits per heavy atom. The van der Waals surface area contributed by atoms with Crippen molar-refractivity contribution in [1.29, 1.82) is 0 Å². The van der Waals surface area contributed by atoms with E-state index in [1.54, 1.807) is 6.92 Å². The predicted octanol–water partition coefficient (Wildman–Crippen LogP) is 3.49. The van der Waals surface area contributed by atoms with Crippen LogP contribution in [0.2, 0.25) is 0 Å². The number of benzene rings is 1. The quantitative estimate of drug-likeness (QED) is 0.646. The number of nitrogens with two attached hydrogens (primary N) is 1. The molecule has 1 rings (SSSR count). The van der Waals surface area contributed by atoms with Crippen LogP contribution in [0, 0.1) is 17.5 Å². The molecule has 90 valence electrons. The SMILES string of the molecule is C=C(C)C[C@@H](N)c1cc(F)c(F)cc1F.Cl. The smallest absolute Gasteiger partial charge is 0.161 e. The fourth-order valence-electron chi connectivity index (χ4n) is 1.31. The highest BCUT2D eigenvalue weighted by Gasteiger charge is 2.15. The largest absolute Gasteiger partial charge is 0.324 e. The fourth-order valence-corrected chi connectivity index (χ4v) is 1.31. The summed E-state index contributed by atoms with van der Waals surface area (Å²) in [6.45, 7) is 5.35. The Morgan fingerprint density at radius 3 is 2.25 bits per heavy atom. The van der Waals surface area contributed by atoms with Crippen LogP contribution in [0.25, 0.3) is 0 Å². The zero-order valence-electron chi connectivity index (χ0n) is 8.77. The Balaban J connectivity index is 0.00000225. The lowest BCUT2D eigenvalue weighted by atomic mass is 10.0. The van der Waals surface area contributed by atoms with Gasteiger partial charge in [-0.2, -0.15) is 0 Å². The van der Waals surface area contributed by atoms with Gasteiger partial charge >= 0.3 is 0 Å². The van der Waals surface area contributed by atoms with Crippen LogP contribution in [0.15, 0.2) is 24.3 Å². The second-order valence-electron chi connectivity index (χ2n) is 3.56. The first-order valence-electron chi connectivity index (χ1n) is 4.46. The zero-order chi connectivity index (χ0) is 11.6. The van der Waals surface area contributed by atoms with E-state index >= 15 is 0 Å². The van der Waals surface area contributed by atoms with Crippen molar-refractivity contribution >= 4 is 12.4 Å². The lowest BCUT2D eigenvalue weighted by Gasteiger charge is -2.13. The maximum absolute atomic E-state index is 13.2. The van der Waals surface area contributed by atoms with E-state index in [9.17, 15) is 13.2 Å². The molecule has 5 heteroatoms. The van der Waals surface area contributed by atoms with Gasteiger partial charge in [0.05, 0.1) is 0 Å². The molecule has 0 aliphatic heterocycles. The molecular formula is C11H13ClF3N. The van der Waals surface area contributed by atoms with Gasteiger partial charge in [-0.15, -0.1) is 19.0 Å². The van der Waals surface area contributed by atoms with Gasteiger partial charge in [0, 0.05) is 17.7 Å². The van der Waals surface area contributed by atoms with Gasteiger partial charge in [0.1, 0.15) is 5.82 Å². The third-order valence-electron chi connectivity index (χ3n) is 2.01. The highest BCUT2D eigenvalue weighted by Crippen LogP contribution is 2.22. The third-order valence-corrected chi connectivity index (χ3v) is 2.01. The second kappa shape index (κ2) is 5.92. The molecule has 0 radical (unpaired) electrons. The number of halogens is 4. The highest BCUT2D eigenvalue weighted by molar-refractivity contribution is 5.85. The molecule has 0 aliphatic carbocycles. The highest BCUT2D eigenvalue weighted by atomic mass is 35.5. The summed E-state index contributed by atoms with van der Waals surface area (Å²) >= 11 is 0. The van der Waals surface area contributed by atoms with Gasteiger partial charge < -0.3 is 5.73 Å². The maximum atomic E-state index is 13.2. The van der Waals surface area contributed by atoms with Crippen LogP contribution in [0.3, 0.4) is 0 Å². The van der Waals surface area contributed by atoms with Gasteiger partial charge in [0.2, 0.25) is 0 Å². The lowest BCUT2D eigenvalue weighted by molar-refractivity contribution is 0.484. The van der Waals surface area contributed by atoms with E-state index in [0.29, 0.717) is 12.5 Å². The van der Waals surface area contributed by atoms with E-state index in [2.05, 4.69) is 6.58 Å². The lowest BCUT2D eigenvalue weighted by Crippen LogP contribution is -2.13. The predicted molar refractivity (Wildman–Crippen MR) is 59.9 cm³/mol. The average molecular weight is 252 g/mol. The van der Waals surface area contributed by atoms with E-state index in [1.807, 2.05) is 0 Å². The standard InChI is InChI=1S/C11H12F3N.ClH/c1-6(2)3-11(15)7-4-9(13)10(14)5-8(7)12;/h4-5,11H,1,3,15H2,2H3;1H/t11-;/m1./s1. The maximum Gasteiger partial charge on any atom is 0.161 e. The summed E-state index contributed by atoms with van der Waals surface area (Å²) in [5.74, 6) is -3.13. The molecule has 0 bridgehead atoms. The summed E-state index contributed by atoms with van der Waals surface area (Å²) in [6, 6.07) is 0.596. The van der Waals surface area contributed by atoms with Crippen LogP contribution in [0.4, 0.5) is 13.2 Å². The van der Waals surface area contributed by atoms with Gasteiger partial charge in [-0.3, -0.25) is 0 Å². The summed E-state index contributed by atoms with van der Waals surface area (Å²) in [5, 5.41) is 0. The fraction of sp³-hybridized carbons (Fsp3) is 0.273. The molecule has 1 aromatic rings. The molecule has 0 saturated carbocycles. The summed E-state index contributed by atoms with van der Waals surface area (Å²) in [6.07, 6.45) is 0.335. The van der Waals surface area contributed by atoms with E-state index in [-0.39, 0.29) is 18.0 Å². The van der Waals surface area contributed by atoms with Gasteiger partial charge in [0.25, 0.3) is 0 Å². The third kappa shape index (κ3) is 3.54. The topological polar surface area (TPSA) is 26.0 Å². The summed E-state index contributed by atoms with van der Waals surface area (Å²) in [4.78, 5) is 0. The van der Waals surface area contributed by atoms with Crippen molar-refractivity contribution in [2.75, 3.05) is 0 Å². The Labute approximate surface area is 98.6 Å². The van der Waals surface area contributed by atoms with Crippen molar-refractivity contribution in [3.63, 3.8) is 0 Å². The van der Waals surface area contributed by atoms with Crippen molar-refractivity contribution in [3.05, 3.63) is 47.3 Å². The molecule has 16 heavy (non-hydrogen) atoms. The molecule has 0 aliphatic rings. The Kier molecular flexibility index (Phi) is 5.55. The van der Waals surface area contributed by atoms with Crippen LogP contribution >= 0.6 is 12.4 Å². The molecule has 0 fully saturated rings. The van der Waals surface area contributed by atoms with Gasteiger partial charge in [-0.05, 0) is 19.4 Å². The normalized spacial score (nSPS) is 11.8. The van der Waals surface area contributed by atoms with Crippen molar-refractivity contribution < 1.29 is 13.2 Å². The molecule has 2 N–H and O–H groups in total. The first kappa shape index (κ1) is 15.0. The second-order valence-corrected chi connectivity index (χ2v) is 3.56. The monoisotopic (exact) mass is 251 g/mol. The molecule has 0 heterocycles. The van der Waals surface area contributed by atoms with E-state index in [1.165, 1.54) is 0 Å². The molecule has 1 atom stereocenters. The molecule has 1 aromatic carbocycles. The van der Waals surface area contributed by atoms with E-state index < -0.39 is 23.5 Å². The van der Waals surface area contributed by atoms with Gasteiger partial charge in [-0.1, -0.05) is 5.57 Å². The van der Waals surface area contributed by atoms with Gasteiger partial charge in [-0.25, -0.2) is 13.2 Å². The first-order valence-corrected chi connectivity index (χ1v) is 4.46. The van der Waals surface area contributed by atoms with Crippen LogP contribution in [-0.4, -0.2) is 0 Å². The Morgan fingerprint density at radius 1 is 1.25 bits per heavy atom. The summed E-state index contributed by atoms with van der Waals surface area (Å²) in [5.41, 5.74) is 6.35. The van der Waals surface area contributed by atoms with Crippen molar-refractivity contribution in [1.82, 2.24) is 0 Å². The van der Waals surface area contributed by atoms with Crippen molar-refractivity contribution in [2.24, 2.45) is 5.73 Å². The minimum Gasteiger partial charge on any atom is -0.324 e. The number of hydrogen-bond donors (Lipinski definition) is 1. The van der Waals surface area contributed by atoms with Crippen molar-refractivity contribution in [3.8, 4) is 0 Å². The van der Waals surface area contributed by atoms with Crippen molar-refractivity contribution in [2.45, 2.75) is 19.4 Å². The van der Waals surface area contributed by atoms with Crippen LogP contribution in [-0.2, 0) is 0 Å². The average Bonchev–Trinajstić information content (AvgIpc) is 2.09. The molecule has 0 saturated heterocycles. The summed E-state index contributed by atoms with van der Waals surface area (Å²) in [7, 11) is 0. The molecule has 0 aromatic heterocycles. The number of hydrogen-bond acceptors (Lipinski definition) is 1. The molecule has 0 unspecified atom stereocenters. The molecule has 0 amide bonds. The zero-order valence-corrected chi connectivity index (χ0v) is 9.58. The van der Waals surface area contributed by atoms with Crippen LogP contribution < -0.4 is 5.73 Å². The summed E-state index contributed by atoms with van der Waals surface area (Å²) < 4.78 is 38.7. The van der Waals surface area contributed by atoms with E-state index in [0.717, 1.165) is 11.6 Å². The molecular weight excluding hydrogens is 239 g/mol. The molecule has 0 spiro atoms.